The molecule has 0 aliphatic rings. The van der Waals surface area contributed by atoms with Crippen LogP contribution in [0.5, 0.6) is 0 Å². The second kappa shape index (κ2) is 5.50. The van der Waals surface area contributed by atoms with Gasteiger partial charge in [-0.2, -0.15) is 0 Å². The molecule has 0 spiro atoms. The van der Waals surface area contributed by atoms with Gasteiger partial charge in [-0.25, -0.2) is 4.79 Å². The molecule has 1 aromatic heterocycles. The summed E-state index contributed by atoms with van der Waals surface area (Å²) in [5, 5.41) is 5.72. The first kappa shape index (κ1) is 12.4. The van der Waals surface area contributed by atoms with Crippen molar-refractivity contribution >= 4 is 17.0 Å². The number of likely N-dealkylation sites (N-methyl/N-ethyl adjacent to an activating group) is 1. The highest BCUT2D eigenvalue weighted by molar-refractivity contribution is 5.78. The maximum Gasteiger partial charge on any atom is 0.417 e. The molecule has 18 heavy (non-hydrogen) atoms. The number of benzene rings is 1. The minimum absolute atomic E-state index is 0.0577. The van der Waals surface area contributed by atoms with Crippen LogP contribution in [-0.2, 0) is 11.3 Å². The lowest BCUT2D eigenvalue weighted by Gasteiger charge is -2.05. The second-order valence-corrected chi connectivity index (χ2v) is 3.90. The SMILES string of the molecule is CCNCC(=O)NCc1ccc2oc(=O)[nH]c2c1. The normalized spacial score (nSPS) is 10.7. The highest BCUT2D eigenvalue weighted by Crippen LogP contribution is 2.11. The van der Waals surface area contributed by atoms with Gasteiger partial charge >= 0.3 is 5.76 Å². The predicted octanol–water partition coefficient (Wildman–Crippen LogP) is 0.347. The summed E-state index contributed by atoms with van der Waals surface area (Å²) < 4.78 is 4.89. The Bertz CT molecular complexity index is 600. The van der Waals surface area contributed by atoms with Crippen LogP contribution < -0.4 is 16.4 Å². The molecule has 3 N–H and O–H groups in total. The average Bonchev–Trinajstić information content (AvgIpc) is 2.73. The van der Waals surface area contributed by atoms with Crippen LogP contribution in [0.25, 0.3) is 11.1 Å². The number of carbonyl (C=O) groups is 1. The van der Waals surface area contributed by atoms with E-state index in [0.717, 1.165) is 12.1 Å². The Labute approximate surface area is 103 Å². The molecule has 0 unspecified atom stereocenters. The van der Waals surface area contributed by atoms with Gasteiger partial charge in [-0.05, 0) is 24.2 Å². The molecule has 0 saturated heterocycles. The van der Waals surface area contributed by atoms with Crippen LogP contribution in [0.15, 0.2) is 27.4 Å². The fraction of sp³-hybridized carbons (Fsp3) is 0.333. The minimum Gasteiger partial charge on any atom is -0.408 e. The number of aromatic nitrogens is 1. The number of H-pyrrole nitrogens is 1. The van der Waals surface area contributed by atoms with Gasteiger partial charge in [0, 0.05) is 6.54 Å². The van der Waals surface area contributed by atoms with E-state index >= 15 is 0 Å². The first-order valence-electron chi connectivity index (χ1n) is 5.78. The van der Waals surface area contributed by atoms with Gasteiger partial charge in [0.2, 0.25) is 5.91 Å². The zero-order valence-corrected chi connectivity index (χ0v) is 10.1. The zero-order valence-electron chi connectivity index (χ0n) is 10.1. The molecule has 0 radical (unpaired) electrons. The molecule has 1 aromatic carbocycles. The number of hydrogen-bond acceptors (Lipinski definition) is 4. The van der Waals surface area contributed by atoms with Gasteiger partial charge in [0.15, 0.2) is 5.58 Å². The van der Waals surface area contributed by atoms with Gasteiger partial charge in [0.05, 0.1) is 12.1 Å². The summed E-state index contributed by atoms with van der Waals surface area (Å²) in [6.45, 7) is 3.43. The summed E-state index contributed by atoms with van der Waals surface area (Å²) in [5.41, 5.74) is 2.06. The summed E-state index contributed by atoms with van der Waals surface area (Å²) in [4.78, 5) is 25.0. The lowest BCUT2D eigenvalue weighted by Crippen LogP contribution is -2.33. The van der Waals surface area contributed by atoms with Crippen molar-refractivity contribution in [3.05, 3.63) is 34.3 Å². The number of rotatable bonds is 5. The number of hydrogen-bond donors (Lipinski definition) is 3. The Kier molecular flexibility index (Phi) is 3.78. The van der Waals surface area contributed by atoms with Crippen molar-refractivity contribution in [3.63, 3.8) is 0 Å². The molecular formula is C12H15N3O3. The number of nitrogens with one attached hydrogen (secondary N) is 3. The first-order valence-corrected chi connectivity index (χ1v) is 5.78. The summed E-state index contributed by atoms with van der Waals surface area (Å²) in [5.74, 6) is -0.532. The third-order valence-corrected chi connectivity index (χ3v) is 2.51. The quantitative estimate of drug-likeness (QED) is 0.713. The van der Waals surface area contributed by atoms with E-state index in [4.69, 9.17) is 4.42 Å². The van der Waals surface area contributed by atoms with Crippen LogP contribution in [0.4, 0.5) is 0 Å². The van der Waals surface area contributed by atoms with E-state index in [1.54, 1.807) is 12.1 Å². The van der Waals surface area contributed by atoms with Gasteiger partial charge in [0.1, 0.15) is 0 Å². The molecule has 2 rings (SSSR count). The van der Waals surface area contributed by atoms with Gasteiger partial charge in [-0.15, -0.1) is 0 Å². The molecule has 0 aliphatic heterocycles. The Morgan fingerprint density at radius 3 is 3.06 bits per heavy atom. The molecule has 0 aliphatic carbocycles. The third kappa shape index (κ3) is 2.98. The molecule has 96 valence electrons. The second-order valence-electron chi connectivity index (χ2n) is 3.90. The fourth-order valence-electron chi connectivity index (χ4n) is 1.61. The van der Waals surface area contributed by atoms with Crippen molar-refractivity contribution in [3.8, 4) is 0 Å². The zero-order chi connectivity index (χ0) is 13.0. The highest BCUT2D eigenvalue weighted by Gasteiger charge is 2.03. The largest absolute Gasteiger partial charge is 0.417 e. The van der Waals surface area contributed by atoms with Crippen LogP contribution in [0.1, 0.15) is 12.5 Å². The average molecular weight is 249 g/mol. The topological polar surface area (TPSA) is 87.1 Å². The maximum atomic E-state index is 11.4. The molecule has 6 heteroatoms. The monoisotopic (exact) mass is 249 g/mol. The summed E-state index contributed by atoms with van der Waals surface area (Å²) in [6, 6.07) is 5.30. The van der Waals surface area contributed by atoms with E-state index in [9.17, 15) is 9.59 Å². The van der Waals surface area contributed by atoms with Gasteiger partial charge in [-0.3, -0.25) is 9.78 Å². The summed E-state index contributed by atoms with van der Waals surface area (Å²) in [7, 11) is 0. The number of fused-ring (bicyclic) bond motifs is 1. The first-order chi connectivity index (χ1) is 8.69. The van der Waals surface area contributed by atoms with E-state index in [1.165, 1.54) is 0 Å². The highest BCUT2D eigenvalue weighted by atomic mass is 16.4. The molecule has 2 aromatic rings. The molecule has 0 saturated carbocycles. The van der Waals surface area contributed by atoms with Crippen molar-refractivity contribution < 1.29 is 9.21 Å². The van der Waals surface area contributed by atoms with Gasteiger partial charge < -0.3 is 15.1 Å². The Hall–Kier alpha value is -2.08. The van der Waals surface area contributed by atoms with Crippen LogP contribution in [0.3, 0.4) is 0 Å². The van der Waals surface area contributed by atoms with Crippen molar-refractivity contribution in [2.45, 2.75) is 13.5 Å². The van der Waals surface area contributed by atoms with Gasteiger partial charge in [0.25, 0.3) is 0 Å². The van der Waals surface area contributed by atoms with Crippen LogP contribution >= 0.6 is 0 Å². The molecule has 6 nitrogen and oxygen atoms in total. The Morgan fingerprint density at radius 1 is 1.44 bits per heavy atom. The lowest BCUT2D eigenvalue weighted by molar-refractivity contribution is -0.120. The van der Waals surface area contributed by atoms with Crippen molar-refractivity contribution in [1.82, 2.24) is 15.6 Å². The number of aromatic amines is 1. The van der Waals surface area contributed by atoms with Crippen LogP contribution in [0.2, 0.25) is 0 Å². The predicted molar refractivity (Wildman–Crippen MR) is 67.2 cm³/mol. The molecule has 1 heterocycles. The number of oxazole rings is 1. The van der Waals surface area contributed by atoms with E-state index in [2.05, 4.69) is 15.6 Å². The number of amides is 1. The van der Waals surface area contributed by atoms with E-state index in [0.29, 0.717) is 24.2 Å². The van der Waals surface area contributed by atoms with Crippen LogP contribution in [-0.4, -0.2) is 24.0 Å². The number of carbonyl (C=O) groups excluding carboxylic acids is 1. The van der Waals surface area contributed by atoms with E-state index in [-0.39, 0.29) is 5.91 Å². The smallest absolute Gasteiger partial charge is 0.408 e. The van der Waals surface area contributed by atoms with E-state index < -0.39 is 5.76 Å². The standard InChI is InChI=1S/C12H15N3O3/c1-2-13-7-11(16)14-6-8-3-4-10-9(5-8)15-12(17)18-10/h3-5,13H,2,6-7H2,1H3,(H,14,16)(H,15,17). The Morgan fingerprint density at radius 2 is 2.28 bits per heavy atom. The van der Waals surface area contributed by atoms with Crippen molar-refractivity contribution in [2.24, 2.45) is 0 Å². The van der Waals surface area contributed by atoms with E-state index in [1.807, 2.05) is 13.0 Å². The van der Waals surface area contributed by atoms with Gasteiger partial charge in [-0.1, -0.05) is 13.0 Å². The molecule has 0 fully saturated rings. The van der Waals surface area contributed by atoms with Crippen molar-refractivity contribution in [1.29, 1.82) is 0 Å². The molecule has 0 atom stereocenters. The third-order valence-electron chi connectivity index (χ3n) is 2.51. The summed E-state index contributed by atoms with van der Waals surface area (Å²) in [6.07, 6.45) is 0. The fourth-order valence-corrected chi connectivity index (χ4v) is 1.61. The molecule has 0 bridgehead atoms. The lowest BCUT2D eigenvalue weighted by atomic mass is 10.2. The van der Waals surface area contributed by atoms with Crippen LogP contribution in [0, 0.1) is 0 Å². The molecular weight excluding hydrogens is 234 g/mol. The Balaban J connectivity index is 1.99. The minimum atomic E-state index is -0.474. The van der Waals surface area contributed by atoms with Crippen molar-refractivity contribution in [2.75, 3.05) is 13.1 Å². The maximum absolute atomic E-state index is 11.4. The summed E-state index contributed by atoms with van der Waals surface area (Å²) >= 11 is 0. The molecule has 1 amide bonds.